The lowest BCUT2D eigenvalue weighted by Crippen LogP contribution is -2.17. The Kier molecular flexibility index (Phi) is 7.36. The van der Waals surface area contributed by atoms with E-state index in [4.69, 9.17) is 14.7 Å². The minimum atomic E-state index is 0.498. The minimum absolute atomic E-state index is 0.498. The quantitative estimate of drug-likeness (QED) is 0.218. The standard InChI is InChI=1S/C31H33N5O/c1-22-18-23(2)30-28(19-22)36(31(35-30)33-17-16-32-26-12-8-5-9-13-26)20-27-29(15-14-24(3)34-27)37-21-25-10-6-4-7-11-25/h4-15,18-19,32H,16-17,20-21H2,1-3H3,(H,33,35). The van der Waals surface area contributed by atoms with Crippen LogP contribution in [0, 0.1) is 20.8 Å². The van der Waals surface area contributed by atoms with Crippen LogP contribution >= 0.6 is 0 Å². The summed E-state index contributed by atoms with van der Waals surface area (Å²) in [5, 5.41) is 7.01. The summed E-state index contributed by atoms with van der Waals surface area (Å²) in [6, 6.07) is 28.8. The molecule has 5 rings (SSSR count). The number of nitrogens with zero attached hydrogens (tertiary/aromatic N) is 3. The molecule has 0 saturated heterocycles. The molecular weight excluding hydrogens is 458 g/mol. The molecule has 0 amide bonds. The molecule has 5 aromatic rings. The monoisotopic (exact) mass is 491 g/mol. The Hall–Kier alpha value is -4.32. The molecule has 0 radical (unpaired) electrons. The van der Waals surface area contributed by atoms with Crippen molar-refractivity contribution in [2.24, 2.45) is 0 Å². The Balaban J connectivity index is 1.41. The zero-order chi connectivity index (χ0) is 25.6. The summed E-state index contributed by atoms with van der Waals surface area (Å²) in [5.74, 6) is 1.62. The van der Waals surface area contributed by atoms with Crippen LogP contribution in [0.15, 0.2) is 84.9 Å². The lowest BCUT2D eigenvalue weighted by Gasteiger charge is -2.15. The summed E-state index contributed by atoms with van der Waals surface area (Å²) in [6.07, 6.45) is 0. The van der Waals surface area contributed by atoms with Gasteiger partial charge in [0, 0.05) is 24.5 Å². The Morgan fingerprint density at radius 2 is 1.51 bits per heavy atom. The van der Waals surface area contributed by atoms with Crippen LogP contribution in [-0.2, 0) is 13.2 Å². The van der Waals surface area contributed by atoms with Gasteiger partial charge in [0.25, 0.3) is 0 Å². The average Bonchev–Trinajstić information content (AvgIpc) is 3.24. The van der Waals surface area contributed by atoms with Gasteiger partial charge in [0.15, 0.2) is 0 Å². The number of pyridine rings is 1. The molecule has 0 saturated carbocycles. The summed E-state index contributed by atoms with van der Waals surface area (Å²) in [7, 11) is 0. The molecule has 3 aromatic carbocycles. The van der Waals surface area contributed by atoms with E-state index in [9.17, 15) is 0 Å². The van der Waals surface area contributed by atoms with Crippen molar-refractivity contribution in [3.63, 3.8) is 0 Å². The number of rotatable bonds is 10. The van der Waals surface area contributed by atoms with Crippen molar-refractivity contribution >= 4 is 22.7 Å². The van der Waals surface area contributed by atoms with Crippen LogP contribution in [0.3, 0.4) is 0 Å². The Labute approximate surface area is 218 Å². The van der Waals surface area contributed by atoms with E-state index in [1.54, 1.807) is 0 Å². The number of imidazole rings is 1. The molecule has 2 heterocycles. The third kappa shape index (κ3) is 5.92. The second kappa shape index (κ2) is 11.2. The van der Waals surface area contributed by atoms with Crippen molar-refractivity contribution in [3.05, 3.63) is 113 Å². The summed E-state index contributed by atoms with van der Waals surface area (Å²) < 4.78 is 8.46. The van der Waals surface area contributed by atoms with Gasteiger partial charge in [-0.25, -0.2) is 4.98 Å². The molecule has 37 heavy (non-hydrogen) atoms. The molecule has 2 aromatic heterocycles. The van der Waals surface area contributed by atoms with Gasteiger partial charge >= 0.3 is 0 Å². The summed E-state index contributed by atoms with van der Waals surface area (Å²) >= 11 is 0. The first-order chi connectivity index (χ1) is 18.1. The third-order valence-electron chi connectivity index (χ3n) is 6.32. The Bertz CT molecular complexity index is 1480. The molecule has 0 unspecified atom stereocenters. The first-order valence-corrected chi connectivity index (χ1v) is 12.7. The summed E-state index contributed by atoms with van der Waals surface area (Å²) in [4.78, 5) is 9.87. The van der Waals surface area contributed by atoms with E-state index >= 15 is 0 Å². The zero-order valence-electron chi connectivity index (χ0n) is 21.7. The second-order valence-corrected chi connectivity index (χ2v) is 9.36. The third-order valence-corrected chi connectivity index (χ3v) is 6.32. The van der Waals surface area contributed by atoms with Crippen molar-refractivity contribution in [2.45, 2.75) is 33.9 Å². The number of hydrogen-bond acceptors (Lipinski definition) is 5. The van der Waals surface area contributed by atoms with Crippen LogP contribution in [0.25, 0.3) is 11.0 Å². The van der Waals surface area contributed by atoms with E-state index in [0.29, 0.717) is 13.2 Å². The minimum Gasteiger partial charge on any atom is -0.487 e. The van der Waals surface area contributed by atoms with Crippen LogP contribution in [0.4, 0.5) is 11.6 Å². The van der Waals surface area contributed by atoms with Crippen molar-refractivity contribution in [3.8, 4) is 5.75 Å². The van der Waals surface area contributed by atoms with Gasteiger partial charge in [0.05, 0.1) is 17.6 Å². The van der Waals surface area contributed by atoms with Gasteiger partial charge in [-0.15, -0.1) is 0 Å². The molecule has 0 aliphatic heterocycles. The van der Waals surface area contributed by atoms with Gasteiger partial charge in [-0.2, -0.15) is 0 Å². The van der Waals surface area contributed by atoms with E-state index in [0.717, 1.165) is 64.0 Å². The van der Waals surface area contributed by atoms with E-state index in [2.05, 4.69) is 65.4 Å². The van der Waals surface area contributed by atoms with Crippen molar-refractivity contribution in [1.29, 1.82) is 0 Å². The van der Waals surface area contributed by atoms with E-state index < -0.39 is 0 Å². The number of para-hydroxylation sites is 1. The second-order valence-electron chi connectivity index (χ2n) is 9.36. The molecule has 0 aliphatic rings. The van der Waals surface area contributed by atoms with Gasteiger partial charge in [-0.05, 0) is 67.8 Å². The molecule has 2 N–H and O–H groups in total. The molecule has 0 spiro atoms. The number of anilines is 2. The van der Waals surface area contributed by atoms with E-state index in [1.165, 1.54) is 5.56 Å². The largest absolute Gasteiger partial charge is 0.487 e. The van der Waals surface area contributed by atoms with Crippen LogP contribution in [0.1, 0.15) is 28.1 Å². The molecule has 188 valence electrons. The highest BCUT2D eigenvalue weighted by atomic mass is 16.5. The van der Waals surface area contributed by atoms with Crippen LogP contribution < -0.4 is 15.4 Å². The van der Waals surface area contributed by atoms with Gasteiger partial charge in [0.1, 0.15) is 18.1 Å². The highest BCUT2D eigenvalue weighted by Crippen LogP contribution is 2.28. The van der Waals surface area contributed by atoms with Crippen molar-refractivity contribution in [1.82, 2.24) is 14.5 Å². The Morgan fingerprint density at radius 1 is 0.784 bits per heavy atom. The molecule has 0 bridgehead atoms. The number of benzene rings is 3. The molecular formula is C31H33N5O. The number of aromatic nitrogens is 3. The number of hydrogen-bond donors (Lipinski definition) is 2. The molecule has 6 heteroatoms. The summed E-state index contributed by atoms with van der Waals surface area (Å²) in [6.45, 7) is 8.82. The topological polar surface area (TPSA) is 64.0 Å². The number of fused-ring (bicyclic) bond motifs is 1. The fourth-order valence-corrected chi connectivity index (χ4v) is 4.53. The van der Waals surface area contributed by atoms with Crippen molar-refractivity contribution in [2.75, 3.05) is 23.7 Å². The normalized spacial score (nSPS) is 11.0. The predicted octanol–water partition coefficient (Wildman–Crippen LogP) is 6.51. The fourth-order valence-electron chi connectivity index (χ4n) is 4.53. The van der Waals surface area contributed by atoms with Crippen molar-refractivity contribution < 1.29 is 4.74 Å². The number of nitrogens with one attached hydrogen (secondary N) is 2. The first-order valence-electron chi connectivity index (χ1n) is 12.7. The first kappa shape index (κ1) is 24.4. The number of ether oxygens (including phenoxy) is 1. The lowest BCUT2D eigenvalue weighted by atomic mass is 10.1. The summed E-state index contributed by atoms with van der Waals surface area (Å²) in [5.41, 5.74) is 8.55. The predicted molar refractivity (Wildman–Crippen MR) is 151 cm³/mol. The molecule has 0 fully saturated rings. The average molecular weight is 492 g/mol. The zero-order valence-corrected chi connectivity index (χ0v) is 21.7. The molecule has 0 atom stereocenters. The highest BCUT2D eigenvalue weighted by molar-refractivity contribution is 5.83. The van der Waals surface area contributed by atoms with Gasteiger partial charge in [0.2, 0.25) is 5.95 Å². The van der Waals surface area contributed by atoms with Crippen LogP contribution in [0.2, 0.25) is 0 Å². The van der Waals surface area contributed by atoms with Gasteiger partial charge in [-0.3, -0.25) is 4.98 Å². The number of aryl methyl sites for hydroxylation is 3. The fraction of sp³-hybridized carbons (Fsp3) is 0.226. The van der Waals surface area contributed by atoms with E-state index in [-0.39, 0.29) is 0 Å². The van der Waals surface area contributed by atoms with Gasteiger partial charge in [-0.1, -0.05) is 54.6 Å². The van der Waals surface area contributed by atoms with Crippen LogP contribution in [0.5, 0.6) is 5.75 Å². The van der Waals surface area contributed by atoms with Crippen LogP contribution in [-0.4, -0.2) is 27.6 Å². The smallest absolute Gasteiger partial charge is 0.204 e. The maximum atomic E-state index is 6.25. The Morgan fingerprint density at radius 3 is 2.30 bits per heavy atom. The maximum absolute atomic E-state index is 6.25. The SMILES string of the molecule is Cc1cc(C)c2nc(NCCNc3ccccc3)n(Cc3nc(C)ccc3OCc3ccccc3)c2c1. The molecule has 0 aliphatic carbocycles. The van der Waals surface area contributed by atoms with E-state index in [1.807, 2.05) is 55.5 Å². The van der Waals surface area contributed by atoms with Gasteiger partial charge < -0.3 is 19.9 Å². The lowest BCUT2D eigenvalue weighted by molar-refractivity contribution is 0.300. The highest BCUT2D eigenvalue weighted by Gasteiger charge is 2.16. The maximum Gasteiger partial charge on any atom is 0.204 e. The molecule has 6 nitrogen and oxygen atoms in total.